The molecule has 0 aliphatic carbocycles. The van der Waals surface area contributed by atoms with Crippen molar-refractivity contribution in [3.8, 4) is 0 Å². The van der Waals surface area contributed by atoms with E-state index in [9.17, 15) is 0 Å². The van der Waals surface area contributed by atoms with Gasteiger partial charge in [-0.3, -0.25) is 0 Å². The number of imidazole rings is 1. The lowest BCUT2D eigenvalue weighted by Gasteiger charge is -2.21. The monoisotopic (exact) mass is 257 g/mol. The van der Waals surface area contributed by atoms with E-state index in [-0.39, 0.29) is 0 Å². The fraction of sp³-hybridized carbons (Fsp3) is 0.438. The van der Waals surface area contributed by atoms with E-state index in [1.165, 1.54) is 5.56 Å². The van der Waals surface area contributed by atoms with E-state index in [1.807, 2.05) is 18.7 Å². The van der Waals surface area contributed by atoms with Gasteiger partial charge in [-0.25, -0.2) is 4.98 Å². The third-order valence-electron chi connectivity index (χ3n) is 3.23. The van der Waals surface area contributed by atoms with Crippen LogP contribution in [0.1, 0.15) is 31.9 Å². The van der Waals surface area contributed by atoms with Crippen LogP contribution in [0.15, 0.2) is 49.1 Å². The van der Waals surface area contributed by atoms with Crippen molar-refractivity contribution in [3.63, 3.8) is 0 Å². The number of hydrogen-bond donors (Lipinski definition) is 1. The first-order valence-corrected chi connectivity index (χ1v) is 7.00. The number of rotatable bonds is 7. The van der Waals surface area contributed by atoms with Crippen LogP contribution in [0.5, 0.6) is 0 Å². The molecule has 0 aliphatic rings. The minimum absolute atomic E-state index is 0.435. The van der Waals surface area contributed by atoms with E-state index in [4.69, 9.17) is 0 Å². The minimum atomic E-state index is 0.435. The first kappa shape index (κ1) is 13.8. The highest BCUT2D eigenvalue weighted by Gasteiger charge is 2.12. The Morgan fingerprint density at radius 3 is 2.63 bits per heavy atom. The Kier molecular flexibility index (Phi) is 5.16. The molecule has 1 atom stereocenters. The molecule has 1 aromatic heterocycles. The van der Waals surface area contributed by atoms with Crippen LogP contribution in [-0.4, -0.2) is 16.1 Å². The summed E-state index contributed by atoms with van der Waals surface area (Å²) < 4.78 is 2.10. The van der Waals surface area contributed by atoms with Crippen LogP contribution in [0.3, 0.4) is 0 Å². The molecule has 0 bridgehead atoms. The summed E-state index contributed by atoms with van der Waals surface area (Å²) in [5, 5.41) is 3.66. The molecular weight excluding hydrogens is 234 g/mol. The smallest absolute Gasteiger partial charge is 0.0946 e. The van der Waals surface area contributed by atoms with E-state index >= 15 is 0 Å². The molecule has 3 nitrogen and oxygen atoms in total. The fourth-order valence-corrected chi connectivity index (χ4v) is 2.28. The average molecular weight is 257 g/mol. The van der Waals surface area contributed by atoms with Crippen molar-refractivity contribution in [2.24, 2.45) is 5.92 Å². The molecule has 102 valence electrons. The van der Waals surface area contributed by atoms with Crippen LogP contribution < -0.4 is 5.32 Å². The summed E-state index contributed by atoms with van der Waals surface area (Å²) in [7, 11) is 0. The Hall–Kier alpha value is -1.61. The van der Waals surface area contributed by atoms with Crippen LogP contribution in [0.25, 0.3) is 0 Å². The fourth-order valence-electron chi connectivity index (χ4n) is 2.28. The Morgan fingerprint density at radius 2 is 2.00 bits per heavy atom. The van der Waals surface area contributed by atoms with E-state index in [2.05, 4.69) is 59.0 Å². The van der Waals surface area contributed by atoms with Gasteiger partial charge in [0.25, 0.3) is 0 Å². The Labute approximate surface area is 115 Å². The Bertz CT molecular complexity index is 448. The van der Waals surface area contributed by atoms with Crippen LogP contribution in [0, 0.1) is 5.92 Å². The largest absolute Gasteiger partial charge is 0.336 e. The third-order valence-corrected chi connectivity index (χ3v) is 3.23. The highest BCUT2D eigenvalue weighted by molar-refractivity contribution is 5.18. The highest BCUT2D eigenvalue weighted by Crippen LogP contribution is 2.20. The van der Waals surface area contributed by atoms with Crippen LogP contribution in [0.4, 0.5) is 0 Å². The van der Waals surface area contributed by atoms with Crippen molar-refractivity contribution >= 4 is 0 Å². The van der Waals surface area contributed by atoms with Crippen LogP contribution >= 0.6 is 0 Å². The molecule has 0 radical (unpaired) electrons. The van der Waals surface area contributed by atoms with Crippen LogP contribution in [0.2, 0.25) is 0 Å². The lowest BCUT2D eigenvalue weighted by Crippen LogP contribution is -2.26. The maximum absolute atomic E-state index is 4.06. The molecule has 0 amide bonds. The summed E-state index contributed by atoms with van der Waals surface area (Å²) >= 11 is 0. The second-order valence-corrected chi connectivity index (χ2v) is 5.35. The van der Waals surface area contributed by atoms with Crippen molar-refractivity contribution < 1.29 is 0 Å². The lowest BCUT2D eigenvalue weighted by molar-refractivity contribution is 0.420. The molecule has 0 aliphatic heterocycles. The first-order valence-electron chi connectivity index (χ1n) is 7.00. The summed E-state index contributed by atoms with van der Waals surface area (Å²) in [5.41, 5.74) is 1.38. The van der Waals surface area contributed by atoms with Crippen molar-refractivity contribution in [3.05, 3.63) is 54.6 Å². The average Bonchev–Trinajstić information content (AvgIpc) is 2.91. The molecule has 2 rings (SSSR count). The molecule has 0 fully saturated rings. The highest BCUT2D eigenvalue weighted by atomic mass is 15.0. The zero-order valence-electron chi connectivity index (χ0n) is 11.8. The summed E-state index contributed by atoms with van der Waals surface area (Å²) in [4.78, 5) is 4.06. The van der Waals surface area contributed by atoms with E-state index in [0.717, 1.165) is 19.5 Å². The third kappa shape index (κ3) is 4.52. The van der Waals surface area contributed by atoms with Gasteiger partial charge in [-0.15, -0.1) is 0 Å². The molecule has 1 unspecified atom stereocenters. The topological polar surface area (TPSA) is 29.9 Å². The maximum Gasteiger partial charge on any atom is 0.0946 e. The minimum Gasteiger partial charge on any atom is -0.336 e. The van der Waals surface area contributed by atoms with Crippen molar-refractivity contribution in [2.45, 2.75) is 32.9 Å². The van der Waals surface area contributed by atoms with E-state index in [1.54, 1.807) is 0 Å². The summed E-state index contributed by atoms with van der Waals surface area (Å²) in [5.74, 6) is 0.686. The zero-order chi connectivity index (χ0) is 13.5. The van der Waals surface area contributed by atoms with Gasteiger partial charge < -0.3 is 9.88 Å². The van der Waals surface area contributed by atoms with Crippen LogP contribution in [-0.2, 0) is 6.54 Å². The molecule has 19 heavy (non-hydrogen) atoms. The standard InChI is InChI=1S/C16H23N3/c1-14(2)12-16(15-6-4-3-5-7-15)18-9-11-19-10-8-17-13-19/h3-8,10,13-14,16,18H,9,11-12H2,1-2H3. The number of aromatic nitrogens is 2. The number of nitrogens with zero attached hydrogens (tertiary/aromatic N) is 2. The van der Waals surface area contributed by atoms with Crippen molar-refractivity contribution in [1.29, 1.82) is 0 Å². The molecule has 3 heteroatoms. The molecule has 0 spiro atoms. The first-order chi connectivity index (χ1) is 9.25. The van der Waals surface area contributed by atoms with E-state index in [0.29, 0.717) is 12.0 Å². The maximum atomic E-state index is 4.06. The van der Waals surface area contributed by atoms with Gasteiger partial charge in [0.1, 0.15) is 0 Å². The van der Waals surface area contributed by atoms with E-state index < -0.39 is 0 Å². The molecule has 2 aromatic rings. The molecular formula is C16H23N3. The molecule has 0 saturated heterocycles. The van der Waals surface area contributed by atoms with Crippen molar-refractivity contribution in [1.82, 2.24) is 14.9 Å². The molecule has 1 N–H and O–H groups in total. The zero-order valence-corrected chi connectivity index (χ0v) is 11.8. The summed E-state index contributed by atoms with van der Waals surface area (Å²) in [6.07, 6.45) is 6.85. The van der Waals surface area contributed by atoms with Gasteiger partial charge in [-0.2, -0.15) is 0 Å². The second-order valence-electron chi connectivity index (χ2n) is 5.35. The summed E-state index contributed by atoms with van der Waals surface area (Å²) in [6, 6.07) is 11.1. The molecule has 1 heterocycles. The number of hydrogen-bond acceptors (Lipinski definition) is 2. The quantitative estimate of drug-likeness (QED) is 0.825. The lowest BCUT2D eigenvalue weighted by atomic mass is 9.97. The molecule has 1 aromatic carbocycles. The van der Waals surface area contributed by atoms with Crippen molar-refractivity contribution in [2.75, 3.05) is 6.54 Å². The predicted octanol–water partition coefficient (Wildman–Crippen LogP) is 3.26. The number of nitrogens with one attached hydrogen (secondary N) is 1. The van der Waals surface area contributed by atoms with Gasteiger partial charge in [-0.1, -0.05) is 44.2 Å². The van der Waals surface area contributed by atoms with Gasteiger partial charge in [0.15, 0.2) is 0 Å². The Morgan fingerprint density at radius 1 is 1.21 bits per heavy atom. The predicted molar refractivity (Wildman–Crippen MR) is 78.9 cm³/mol. The van der Waals surface area contributed by atoms with Gasteiger partial charge in [0.05, 0.1) is 6.33 Å². The molecule has 0 saturated carbocycles. The van der Waals surface area contributed by atoms with Gasteiger partial charge in [0.2, 0.25) is 0 Å². The number of benzene rings is 1. The van der Waals surface area contributed by atoms with Gasteiger partial charge >= 0.3 is 0 Å². The summed E-state index contributed by atoms with van der Waals surface area (Å²) in [6.45, 7) is 6.46. The SMILES string of the molecule is CC(C)CC(NCCn1ccnc1)c1ccccc1. The van der Waals surface area contributed by atoms with Gasteiger partial charge in [0, 0.05) is 31.5 Å². The normalized spacial score (nSPS) is 12.8. The Balaban J connectivity index is 1.91. The van der Waals surface area contributed by atoms with Gasteiger partial charge in [-0.05, 0) is 17.9 Å². The second kappa shape index (κ2) is 7.10.